The lowest BCUT2D eigenvalue weighted by molar-refractivity contribution is -0.138. The number of benzene rings is 3. The Morgan fingerprint density at radius 2 is 1.78 bits per heavy atom. The van der Waals surface area contributed by atoms with E-state index in [1.54, 1.807) is 24.3 Å². The quantitative estimate of drug-likeness (QED) is 0.306. The first-order valence-corrected chi connectivity index (χ1v) is 12.4. The number of nitrogens with zero attached hydrogens (tertiary/aromatic N) is 2. The standard InChI is InChI=1S/C29H26ClN3O3/c1-17(18-7-11-22(30)12-8-18)31-28(34)21-10-13-24-26(16-21)32-25(14-9-20-15-23(20)29(35)36)27(33-24)19-5-3-2-4-6-19/h2-8,10-13,16-17,20,23H,9,14-15H2,1H3,(H,31,34)(H,35,36)/t17-,20?,23?/m1/s1. The Labute approximate surface area is 214 Å². The number of rotatable bonds is 8. The predicted molar refractivity (Wildman–Crippen MR) is 140 cm³/mol. The van der Waals surface area contributed by atoms with Gasteiger partial charge in [0.05, 0.1) is 34.4 Å². The van der Waals surface area contributed by atoms with E-state index in [0.29, 0.717) is 34.5 Å². The van der Waals surface area contributed by atoms with Crippen LogP contribution in [0.5, 0.6) is 0 Å². The van der Waals surface area contributed by atoms with E-state index in [0.717, 1.165) is 28.9 Å². The van der Waals surface area contributed by atoms with E-state index >= 15 is 0 Å². The van der Waals surface area contributed by atoms with Gasteiger partial charge in [-0.25, -0.2) is 9.97 Å². The minimum atomic E-state index is -0.726. The van der Waals surface area contributed by atoms with Crippen LogP contribution in [-0.4, -0.2) is 27.0 Å². The molecule has 1 aromatic heterocycles. The van der Waals surface area contributed by atoms with Gasteiger partial charge in [0.25, 0.3) is 5.91 Å². The average Bonchev–Trinajstić information content (AvgIpc) is 3.67. The average molecular weight is 500 g/mol. The summed E-state index contributed by atoms with van der Waals surface area (Å²) in [7, 11) is 0. The molecule has 5 rings (SSSR count). The van der Waals surface area contributed by atoms with Crippen molar-refractivity contribution in [2.24, 2.45) is 11.8 Å². The molecule has 1 fully saturated rings. The van der Waals surface area contributed by atoms with Crippen LogP contribution >= 0.6 is 11.6 Å². The number of hydrogen-bond donors (Lipinski definition) is 2. The van der Waals surface area contributed by atoms with Gasteiger partial charge in [0, 0.05) is 16.1 Å². The van der Waals surface area contributed by atoms with Crippen LogP contribution in [0.2, 0.25) is 5.02 Å². The molecule has 1 heterocycles. The summed E-state index contributed by atoms with van der Waals surface area (Å²) in [6, 6.07) is 22.4. The highest BCUT2D eigenvalue weighted by Gasteiger charge is 2.42. The second-order valence-corrected chi connectivity index (χ2v) is 9.75. The number of carbonyl (C=O) groups is 2. The van der Waals surface area contributed by atoms with Crippen molar-refractivity contribution >= 4 is 34.5 Å². The van der Waals surface area contributed by atoms with Crippen LogP contribution in [0.15, 0.2) is 72.8 Å². The van der Waals surface area contributed by atoms with Crippen molar-refractivity contribution in [3.05, 3.63) is 94.6 Å². The van der Waals surface area contributed by atoms with Crippen molar-refractivity contribution < 1.29 is 14.7 Å². The molecule has 6 nitrogen and oxygen atoms in total. The number of carboxylic acid groups (broad SMARTS) is 1. The fraction of sp³-hybridized carbons (Fsp3) is 0.241. The van der Waals surface area contributed by atoms with E-state index < -0.39 is 5.97 Å². The van der Waals surface area contributed by atoms with E-state index in [1.165, 1.54) is 0 Å². The summed E-state index contributed by atoms with van der Waals surface area (Å²) in [4.78, 5) is 34.1. The molecule has 3 aromatic carbocycles. The fourth-order valence-corrected chi connectivity index (χ4v) is 4.67. The minimum absolute atomic E-state index is 0.176. The molecule has 1 saturated carbocycles. The van der Waals surface area contributed by atoms with E-state index in [9.17, 15) is 14.7 Å². The molecule has 2 unspecified atom stereocenters. The molecule has 0 bridgehead atoms. The Balaban J connectivity index is 1.42. The summed E-state index contributed by atoms with van der Waals surface area (Å²) in [6.07, 6.45) is 2.09. The van der Waals surface area contributed by atoms with Crippen LogP contribution in [0.4, 0.5) is 0 Å². The van der Waals surface area contributed by atoms with Gasteiger partial charge in [0.2, 0.25) is 0 Å². The van der Waals surface area contributed by atoms with E-state index in [4.69, 9.17) is 21.6 Å². The molecule has 182 valence electrons. The van der Waals surface area contributed by atoms with Gasteiger partial charge in [-0.1, -0.05) is 54.1 Å². The third-order valence-electron chi connectivity index (χ3n) is 6.76. The number of carbonyl (C=O) groups excluding carboxylic acids is 1. The Kier molecular flexibility index (Phi) is 6.70. The largest absolute Gasteiger partial charge is 0.481 e. The summed E-state index contributed by atoms with van der Waals surface area (Å²) in [6.45, 7) is 1.93. The fourth-order valence-electron chi connectivity index (χ4n) is 4.54. The normalized spacial score (nSPS) is 17.5. The second kappa shape index (κ2) is 10.1. The van der Waals surface area contributed by atoms with Gasteiger partial charge in [0.1, 0.15) is 0 Å². The van der Waals surface area contributed by atoms with E-state index in [2.05, 4.69) is 5.32 Å². The maximum atomic E-state index is 13.0. The van der Waals surface area contributed by atoms with Crippen molar-refractivity contribution in [3.8, 4) is 11.3 Å². The molecule has 2 N–H and O–H groups in total. The monoisotopic (exact) mass is 499 g/mol. The second-order valence-electron chi connectivity index (χ2n) is 9.31. The maximum absolute atomic E-state index is 13.0. The van der Waals surface area contributed by atoms with Gasteiger partial charge in [-0.05, 0) is 68.0 Å². The van der Waals surface area contributed by atoms with Gasteiger partial charge in [-0.15, -0.1) is 0 Å². The van der Waals surface area contributed by atoms with Crippen molar-refractivity contribution in [1.29, 1.82) is 0 Å². The van der Waals surface area contributed by atoms with Crippen LogP contribution in [-0.2, 0) is 11.2 Å². The number of amides is 1. The van der Waals surface area contributed by atoms with E-state index in [-0.39, 0.29) is 23.8 Å². The smallest absolute Gasteiger partial charge is 0.306 e. The highest BCUT2D eigenvalue weighted by atomic mass is 35.5. The zero-order valence-corrected chi connectivity index (χ0v) is 20.6. The highest BCUT2D eigenvalue weighted by Crippen LogP contribution is 2.42. The van der Waals surface area contributed by atoms with Gasteiger partial charge in [-0.2, -0.15) is 0 Å². The van der Waals surface area contributed by atoms with Crippen molar-refractivity contribution in [3.63, 3.8) is 0 Å². The predicted octanol–water partition coefficient (Wildman–Crippen LogP) is 6.09. The molecule has 0 aliphatic heterocycles. The highest BCUT2D eigenvalue weighted by molar-refractivity contribution is 6.30. The number of carboxylic acids is 1. The maximum Gasteiger partial charge on any atom is 0.306 e. The first kappa shape index (κ1) is 23.9. The SMILES string of the molecule is C[C@@H](NC(=O)c1ccc2nc(-c3ccccc3)c(CCC3CC3C(=O)O)nc2c1)c1ccc(Cl)cc1. The van der Waals surface area contributed by atoms with Gasteiger partial charge >= 0.3 is 5.97 Å². The number of halogens is 1. The Morgan fingerprint density at radius 3 is 2.47 bits per heavy atom. The number of nitrogens with one attached hydrogen (secondary N) is 1. The number of aliphatic carboxylic acids is 1. The molecule has 1 aliphatic carbocycles. The third kappa shape index (κ3) is 5.24. The molecule has 0 radical (unpaired) electrons. The molecule has 36 heavy (non-hydrogen) atoms. The van der Waals surface area contributed by atoms with Crippen LogP contribution in [0, 0.1) is 11.8 Å². The molecular formula is C29H26ClN3O3. The van der Waals surface area contributed by atoms with E-state index in [1.807, 2.05) is 55.5 Å². The topological polar surface area (TPSA) is 92.2 Å². The van der Waals surface area contributed by atoms with Crippen molar-refractivity contribution in [1.82, 2.24) is 15.3 Å². The lowest BCUT2D eigenvalue weighted by Gasteiger charge is -2.15. The zero-order chi connectivity index (χ0) is 25.2. The van der Waals surface area contributed by atoms with Crippen molar-refractivity contribution in [2.45, 2.75) is 32.2 Å². The summed E-state index contributed by atoms with van der Waals surface area (Å²) in [5, 5.41) is 12.9. The number of aromatic nitrogens is 2. The molecule has 0 spiro atoms. The Morgan fingerprint density at radius 1 is 1.03 bits per heavy atom. The number of aryl methyl sites for hydroxylation is 1. The van der Waals surface area contributed by atoms with Crippen LogP contribution in [0.1, 0.15) is 47.4 Å². The molecule has 3 atom stereocenters. The third-order valence-corrected chi connectivity index (χ3v) is 7.01. The lowest BCUT2D eigenvalue weighted by Crippen LogP contribution is -2.26. The lowest BCUT2D eigenvalue weighted by atomic mass is 10.0. The number of hydrogen-bond acceptors (Lipinski definition) is 4. The molecular weight excluding hydrogens is 474 g/mol. The first-order chi connectivity index (χ1) is 17.4. The summed E-state index contributed by atoms with van der Waals surface area (Å²) in [5.41, 5.74) is 5.39. The molecule has 7 heteroatoms. The minimum Gasteiger partial charge on any atom is -0.481 e. The molecule has 4 aromatic rings. The zero-order valence-electron chi connectivity index (χ0n) is 19.8. The van der Waals surface area contributed by atoms with Crippen LogP contribution < -0.4 is 5.32 Å². The number of fused-ring (bicyclic) bond motifs is 1. The Hall–Kier alpha value is -3.77. The summed E-state index contributed by atoms with van der Waals surface area (Å²) < 4.78 is 0. The van der Waals surface area contributed by atoms with Crippen LogP contribution in [0.3, 0.4) is 0 Å². The Bertz CT molecular complexity index is 1420. The summed E-state index contributed by atoms with van der Waals surface area (Å²) in [5.74, 6) is -1.000. The summed E-state index contributed by atoms with van der Waals surface area (Å²) >= 11 is 5.97. The van der Waals surface area contributed by atoms with Crippen molar-refractivity contribution in [2.75, 3.05) is 0 Å². The van der Waals surface area contributed by atoms with Gasteiger partial charge in [-0.3, -0.25) is 9.59 Å². The van der Waals surface area contributed by atoms with Gasteiger partial charge in [0.15, 0.2) is 0 Å². The molecule has 1 aliphatic rings. The molecule has 0 saturated heterocycles. The molecule has 1 amide bonds. The first-order valence-electron chi connectivity index (χ1n) is 12.0. The van der Waals surface area contributed by atoms with Crippen LogP contribution in [0.25, 0.3) is 22.3 Å². The van der Waals surface area contributed by atoms with Gasteiger partial charge < -0.3 is 10.4 Å².